The summed E-state index contributed by atoms with van der Waals surface area (Å²) in [6, 6.07) is 9.88. The lowest BCUT2D eigenvalue weighted by atomic mass is 9.96. The van der Waals surface area contributed by atoms with E-state index >= 15 is 0 Å². The number of nitrogens with zero attached hydrogens (tertiary/aromatic N) is 2. The number of benzene rings is 1. The van der Waals surface area contributed by atoms with Gasteiger partial charge in [0.1, 0.15) is 0 Å². The van der Waals surface area contributed by atoms with Gasteiger partial charge in [-0.2, -0.15) is 5.10 Å². The summed E-state index contributed by atoms with van der Waals surface area (Å²) in [6.07, 6.45) is 5.06. The summed E-state index contributed by atoms with van der Waals surface area (Å²) in [5.41, 5.74) is 5.60. The molecule has 0 fully saturated rings. The van der Waals surface area contributed by atoms with Gasteiger partial charge in [0.25, 0.3) is 5.91 Å². The van der Waals surface area contributed by atoms with Crippen LogP contribution in [0.25, 0.3) is 0 Å². The van der Waals surface area contributed by atoms with Crippen molar-refractivity contribution in [2.24, 2.45) is 0 Å². The number of aromatic amines is 1. The number of amides is 1. The summed E-state index contributed by atoms with van der Waals surface area (Å²) in [7, 11) is 0. The van der Waals surface area contributed by atoms with Crippen molar-refractivity contribution in [2.75, 3.05) is 0 Å². The van der Waals surface area contributed by atoms with E-state index in [-0.39, 0.29) is 11.9 Å². The number of hydrogen-bond donors (Lipinski definition) is 2. The van der Waals surface area contributed by atoms with E-state index in [1.807, 2.05) is 19.1 Å². The number of carbonyl (C=O) groups excluding carboxylic acids is 1. The highest BCUT2D eigenvalue weighted by Crippen LogP contribution is 2.24. The number of aromatic nitrogens is 3. The number of rotatable bonds is 4. The number of hydrogen-bond acceptors (Lipinski definition) is 3. The first-order valence-corrected chi connectivity index (χ1v) is 7.83. The molecular weight excluding hydrogens is 300 g/mol. The number of aryl methyl sites for hydroxylation is 3. The van der Waals surface area contributed by atoms with Crippen molar-refractivity contribution in [3.8, 4) is 0 Å². The average molecular weight is 320 g/mol. The topological polar surface area (TPSA) is 70.7 Å². The quantitative estimate of drug-likeness (QED) is 0.775. The monoisotopic (exact) mass is 320 g/mol. The second-order valence-corrected chi connectivity index (χ2v) is 6.02. The Kier molecular flexibility index (Phi) is 4.42. The molecule has 1 aromatic carbocycles. The molecule has 3 rings (SSSR count). The third kappa shape index (κ3) is 3.35. The number of carbonyl (C=O) groups is 1. The molecule has 2 N–H and O–H groups in total. The SMILES string of the molecule is Cc1cc(C)cc([C@@H](NC(=O)c2cn[nH]c2C)c2cccnc2)c1. The molecule has 2 heterocycles. The van der Waals surface area contributed by atoms with Crippen LogP contribution in [0.4, 0.5) is 0 Å². The van der Waals surface area contributed by atoms with Crippen LogP contribution < -0.4 is 5.32 Å². The van der Waals surface area contributed by atoms with Crippen molar-refractivity contribution in [1.82, 2.24) is 20.5 Å². The van der Waals surface area contributed by atoms with E-state index in [1.165, 1.54) is 0 Å². The van der Waals surface area contributed by atoms with Crippen LogP contribution in [0, 0.1) is 20.8 Å². The molecule has 5 heteroatoms. The van der Waals surface area contributed by atoms with Crippen LogP contribution in [0.3, 0.4) is 0 Å². The maximum atomic E-state index is 12.7. The van der Waals surface area contributed by atoms with Crippen molar-refractivity contribution in [1.29, 1.82) is 0 Å². The van der Waals surface area contributed by atoms with Crippen LogP contribution in [0.2, 0.25) is 0 Å². The molecule has 0 aliphatic carbocycles. The summed E-state index contributed by atoms with van der Waals surface area (Å²) in [6.45, 7) is 5.94. The minimum Gasteiger partial charge on any atom is -0.341 e. The maximum absolute atomic E-state index is 12.7. The first-order chi connectivity index (χ1) is 11.5. The van der Waals surface area contributed by atoms with Gasteiger partial charge in [-0.25, -0.2) is 0 Å². The van der Waals surface area contributed by atoms with E-state index in [4.69, 9.17) is 0 Å². The first-order valence-electron chi connectivity index (χ1n) is 7.83. The van der Waals surface area contributed by atoms with E-state index in [0.717, 1.165) is 27.9 Å². The first kappa shape index (κ1) is 15.9. The minimum atomic E-state index is -0.265. The third-order valence-electron chi connectivity index (χ3n) is 3.95. The maximum Gasteiger partial charge on any atom is 0.255 e. The normalized spacial score (nSPS) is 12.0. The lowest BCUT2D eigenvalue weighted by Gasteiger charge is -2.20. The van der Waals surface area contributed by atoms with E-state index in [9.17, 15) is 4.79 Å². The highest BCUT2D eigenvalue weighted by Gasteiger charge is 2.20. The fourth-order valence-corrected chi connectivity index (χ4v) is 2.87. The van der Waals surface area contributed by atoms with Crippen molar-refractivity contribution in [3.05, 3.63) is 82.4 Å². The van der Waals surface area contributed by atoms with Gasteiger partial charge >= 0.3 is 0 Å². The average Bonchev–Trinajstić information content (AvgIpc) is 2.98. The highest BCUT2D eigenvalue weighted by molar-refractivity contribution is 5.95. The van der Waals surface area contributed by atoms with E-state index < -0.39 is 0 Å². The molecule has 122 valence electrons. The number of nitrogens with one attached hydrogen (secondary N) is 2. The molecule has 0 saturated carbocycles. The Morgan fingerprint density at radius 1 is 1.08 bits per heavy atom. The van der Waals surface area contributed by atoms with Crippen LogP contribution in [-0.4, -0.2) is 21.1 Å². The van der Waals surface area contributed by atoms with Crippen molar-refractivity contribution in [3.63, 3.8) is 0 Å². The molecule has 1 amide bonds. The van der Waals surface area contributed by atoms with Crippen LogP contribution >= 0.6 is 0 Å². The third-order valence-corrected chi connectivity index (χ3v) is 3.95. The number of H-pyrrole nitrogens is 1. The Morgan fingerprint density at radius 3 is 2.42 bits per heavy atom. The molecule has 5 nitrogen and oxygen atoms in total. The lowest BCUT2D eigenvalue weighted by Crippen LogP contribution is -2.29. The zero-order valence-corrected chi connectivity index (χ0v) is 14.0. The zero-order chi connectivity index (χ0) is 17.1. The van der Waals surface area contributed by atoms with E-state index in [2.05, 4.69) is 52.5 Å². The van der Waals surface area contributed by atoms with Gasteiger partial charge in [-0.05, 0) is 38.0 Å². The molecule has 0 aliphatic heterocycles. The molecule has 24 heavy (non-hydrogen) atoms. The Labute approximate surface area is 141 Å². The molecule has 0 radical (unpaired) electrons. The summed E-state index contributed by atoms with van der Waals surface area (Å²) < 4.78 is 0. The van der Waals surface area contributed by atoms with E-state index in [1.54, 1.807) is 18.6 Å². The second-order valence-electron chi connectivity index (χ2n) is 6.02. The van der Waals surface area contributed by atoms with Crippen LogP contribution in [0.1, 0.15) is 44.3 Å². The van der Waals surface area contributed by atoms with Crippen LogP contribution in [0.15, 0.2) is 48.9 Å². The smallest absolute Gasteiger partial charge is 0.255 e. The summed E-state index contributed by atoms with van der Waals surface area (Å²) in [4.78, 5) is 16.9. The Hall–Kier alpha value is -2.95. The number of pyridine rings is 1. The largest absolute Gasteiger partial charge is 0.341 e. The van der Waals surface area contributed by atoms with Gasteiger partial charge in [-0.3, -0.25) is 14.9 Å². The second kappa shape index (κ2) is 6.66. The molecule has 1 atom stereocenters. The van der Waals surface area contributed by atoms with Gasteiger partial charge in [-0.15, -0.1) is 0 Å². The fourth-order valence-electron chi connectivity index (χ4n) is 2.87. The Morgan fingerprint density at radius 2 is 1.83 bits per heavy atom. The summed E-state index contributed by atoms with van der Waals surface area (Å²) in [5.74, 6) is -0.158. The fraction of sp³-hybridized carbons (Fsp3) is 0.211. The van der Waals surface area contributed by atoms with Gasteiger partial charge in [0.2, 0.25) is 0 Å². The van der Waals surface area contributed by atoms with Crippen LogP contribution in [0.5, 0.6) is 0 Å². The molecule has 0 bridgehead atoms. The molecular formula is C19H20N4O. The molecule has 0 spiro atoms. The molecule has 0 unspecified atom stereocenters. The van der Waals surface area contributed by atoms with E-state index in [0.29, 0.717) is 5.56 Å². The van der Waals surface area contributed by atoms with Crippen molar-refractivity contribution in [2.45, 2.75) is 26.8 Å². The zero-order valence-electron chi connectivity index (χ0n) is 14.0. The molecule has 3 aromatic rings. The van der Waals surface area contributed by atoms with Crippen LogP contribution in [-0.2, 0) is 0 Å². The predicted octanol–water partition coefficient (Wildman–Crippen LogP) is 3.25. The van der Waals surface area contributed by atoms with Crippen molar-refractivity contribution >= 4 is 5.91 Å². The molecule has 0 saturated heterocycles. The summed E-state index contributed by atoms with van der Waals surface area (Å²) in [5, 5.41) is 9.83. The van der Waals surface area contributed by atoms with Gasteiger partial charge in [-0.1, -0.05) is 35.4 Å². The molecule has 0 aliphatic rings. The standard InChI is InChI=1S/C19H20N4O/c1-12-7-13(2)9-16(8-12)18(15-5-4-6-20-10-15)22-19(24)17-11-21-23-14(17)3/h4-11,18H,1-3H3,(H,21,23)(H,22,24)/t18-/m0/s1. The van der Waals surface area contributed by atoms with Gasteiger partial charge < -0.3 is 5.32 Å². The van der Waals surface area contributed by atoms with Crippen molar-refractivity contribution < 1.29 is 4.79 Å². The molecule has 2 aromatic heterocycles. The summed E-state index contributed by atoms with van der Waals surface area (Å²) >= 11 is 0. The minimum absolute atomic E-state index is 0.158. The highest BCUT2D eigenvalue weighted by atomic mass is 16.1. The van der Waals surface area contributed by atoms with Gasteiger partial charge in [0, 0.05) is 18.1 Å². The van der Waals surface area contributed by atoms with Gasteiger partial charge in [0.05, 0.1) is 17.8 Å². The predicted molar refractivity (Wildman–Crippen MR) is 92.8 cm³/mol. The lowest BCUT2D eigenvalue weighted by molar-refractivity contribution is 0.0942. The van der Waals surface area contributed by atoms with Gasteiger partial charge in [0.15, 0.2) is 0 Å². The Bertz CT molecular complexity index is 835. The Balaban J connectivity index is 2.00.